The molecule has 45 heavy (non-hydrogen) atoms. The Balaban J connectivity index is 1.43. The fourth-order valence-electron chi connectivity index (χ4n) is 5.17. The third kappa shape index (κ3) is 7.86. The van der Waals surface area contributed by atoms with Crippen LogP contribution in [-0.2, 0) is 9.13 Å². The number of aryl methyl sites for hydroxylation is 4. The van der Waals surface area contributed by atoms with E-state index >= 15 is 0 Å². The second kappa shape index (κ2) is 14.8. The summed E-state index contributed by atoms with van der Waals surface area (Å²) in [6.07, 6.45) is 1.65. The first-order valence-corrected chi connectivity index (χ1v) is 18.2. The molecule has 0 heterocycles. The lowest BCUT2D eigenvalue weighted by atomic mass is 10.1. The quantitative estimate of drug-likeness (QED) is 0.127. The number of benzene rings is 4. The largest absolute Gasteiger partial charge is 0.476 e. The molecule has 240 valence electrons. The Labute approximate surface area is 269 Å². The number of para-hydroxylation sites is 2. The number of hydrogen-bond donors (Lipinski definition) is 0. The molecule has 0 amide bonds. The zero-order chi connectivity index (χ0) is 32.8. The number of hydrogen-bond acceptors (Lipinski definition) is 6. The van der Waals surface area contributed by atoms with Gasteiger partial charge in [0.2, 0.25) is 0 Å². The highest BCUT2D eigenvalue weighted by Crippen LogP contribution is 2.48. The molecule has 4 aromatic rings. The highest BCUT2D eigenvalue weighted by molar-refractivity contribution is 7.41. The molecule has 0 N–H and O–H groups in total. The van der Waals surface area contributed by atoms with Crippen LogP contribution in [0.2, 0.25) is 0 Å². The fourth-order valence-corrected chi connectivity index (χ4v) is 7.51. The van der Waals surface area contributed by atoms with Crippen molar-refractivity contribution in [2.45, 2.75) is 85.3 Å². The Bertz CT molecular complexity index is 1600. The third-order valence-corrected chi connectivity index (χ3v) is 12.2. The molecule has 0 spiro atoms. The van der Waals surface area contributed by atoms with Gasteiger partial charge in [-0.25, -0.2) is 0 Å². The Morgan fingerprint density at radius 3 is 1.29 bits per heavy atom. The van der Waals surface area contributed by atoms with Gasteiger partial charge in [0, 0.05) is 0 Å². The van der Waals surface area contributed by atoms with Crippen molar-refractivity contribution in [3.63, 3.8) is 0 Å². The predicted octanol–water partition coefficient (Wildman–Crippen LogP) is 11.1. The maximum absolute atomic E-state index is 13.6. The molecular weight excluding hydrogens is 602 g/mol. The summed E-state index contributed by atoms with van der Waals surface area (Å²) in [5.74, 6) is 2.57. The van der Waals surface area contributed by atoms with Gasteiger partial charge in [0.1, 0.15) is 23.0 Å². The molecule has 8 heteroatoms. The molecule has 0 aliphatic rings. The van der Waals surface area contributed by atoms with Gasteiger partial charge in [-0.15, -0.1) is 0 Å². The minimum absolute atomic E-state index is 0.519. The van der Waals surface area contributed by atoms with Crippen molar-refractivity contribution in [2.75, 3.05) is 0 Å². The summed E-state index contributed by atoms with van der Waals surface area (Å²) in [6.45, 7) is 15.7. The molecule has 3 atom stereocenters. The first-order valence-electron chi connectivity index (χ1n) is 15.6. The van der Waals surface area contributed by atoms with Gasteiger partial charge in [0.15, 0.2) is 10.7 Å². The average Bonchev–Trinajstić information content (AvgIpc) is 3.03. The molecule has 0 fully saturated rings. The van der Waals surface area contributed by atoms with E-state index in [1.165, 1.54) is 0 Å². The van der Waals surface area contributed by atoms with E-state index < -0.39 is 26.7 Å². The zero-order valence-corrected chi connectivity index (χ0v) is 29.7. The molecule has 0 aliphatic carbocycles. The van der Waals surface area contributed by atoms with E-state index in [-0.39, 0.29) is 0 Å². The van der Waals surface area contributed by atoms with Crippen LogP contribution < -0.4 is 18.5 Å². The summed E-state index contributed by atoms with van der Waals surface area (Å²) in [7, 11) is -5.25. The maximum atomic E-state index is 13.6. The van der Waals surface area contributed by atoms with Crippen LogP contribution in [0.25, 0.3) is 11.1 Å². The molecule has 3 unspecified atom stereocenters. The molecule has 0 aromatic heterocycles. The van der Waals surface area contributed by atoms with Crippen molar-refractivity contribution in [1.29, 1.82) is 0 Å². The van der Waals surface area contributed by atoms with Crippen LogP contribution >= 0.6 is 16.1 Å². The molecule has 0 saturated heterocycles. The van der Waals surface area contributed by atoms with Crippen molar-refractivity contribution in [3.05, 3.63) is 107 Å². The first-order chi connectivity index (χ1) is 21.4. The predicted molar refractivity (Wildman–Crippen MR) is 186 cm³/mol. The molecular formula is C37H46O6P2. The van der Waals surface area contributed by atoms with Gasteiger partial charge in [0.05, 0.1) is 0 Å². The van der Waals surface area contributed by atoms with E-state index in [1.54, 1.807) is 0 Å². The standard InChI is InChI=1S/C37H46O6P2/c1-9-36(8,40-34-26(4)14-12-15-27(34)5)44(38)42-32-22-18-30(19-23-32)31-20-24-33(25-21-31)43-45(39)37(10-2,11-3)41-35-28(6)16-13-17-29(35)7/h12-25,44-45H,9-11H2,1-8H3. The van der Waals surface area contributed by atoms with Crippen LogP contribution in [0.4, 0.5) is 0 Å². The minimum atomic E-state index is -2.63. The number of rotatable bonds is 14. The summed E-state index contributed by atoms with van der Waals surface area (Å²) in [6, 6.07) is 27.0. The lowest BCUT2D eigenvalue weighted by Gasteiger charge is -2.33. The van der Waals surface area contributed by atoms with Crippen molar-refractivity contribution >= 4 is 16.1 Å². The van der Waals surface area contributed by atoms with Crippen LogP contribution in [-0.4, -0.2) is 10.7 Å². The van der Waals surface area contributed by atoms with E-state index in [0.717, 1.165) is 44.9 Å². The van der Waals surface area contributed by atoms with E-state index in [1.807, 2.05) is 140 Å². The third-order valence-electron chi connectivity index (χ3n) is 8.53. The van der Waals surface area contributed by atoms with E-state index in [4.69, 9.17) is 18.5 Å². The highest BCUT2D eigenvalue weighted by atomic mass is 31.1. The lowest BCUT2D eigenvalue weighted by molar-refractivity contribution is 0.133. The van der Waals surface area contributed by atoms with Crippen LogP contribution in [0.1, 0.15) is 69.2 Å². The van der Waals surface area contributed by atoms with Gasteiger partial charge < -0.3 is 18.5 Å². The Kier molecular flexibility index (Phi) is 11.3. The molecule has 4 rings (SSSR count). The average molecular weight is 649 g/mol. The Morgan fingerprint density at radius 2 is 0.911 bits per heavy atom. The fraction of sp³-hybridized carbons (Fsp3) is 0.351. The second-order valence-electron chi connectivity index (χ2n) is 11.8. The smallest absolute Gasteiger partial charge is 0.278 e. The summed E-state index contributed by atoms with van der Waals surface area (Å²) in [4.78, 5) is 0. The van der Waals surface area contributed by atoms with Crippen LogP contribution in [0, 0.1) is 27.7 Å². The van der Waals surface area contributed by atoms with Crippen molar-refractivity contribution < 1.29 is 27.7 Å². The van der Waals surface area contributed by atoms with Crippen molar-refractivity contribution in [3.8, 4) is 34.1 Å². The first kappa shape index (κ1) is 34.4. The van der Waals surface area contributed by atoms with E-state index in [0.29, 0.717) is 30.8 Å². The van der Waals surface area contributed by atoms with Crippen molar-refractivity contribution in [2.24, 2.45) is 0 Å². The molecule has 6 nitrogen and oxygen atoms in total. The maximum Gasteiger partial charge on any atom is 0.278 e. The summed E-state index contributed by atoms with van der Waals surface area (Å²) >= 11 is 0. The summed E-state index contributed by atoms with van der Waals surface area (Å²) in [5, 5.41) is -1.86. The SMILES string of the molecule is CCC(C)(Oc1c(C)cccc1C)[PH](=O)Oc1ccc(-c2ccc(O[PH](=O)C(CC)(CC)Oc3c(C)cccc3C)cc2)cc1. The summed E-state index contributed by atoms with van der Waals surface area (Å²) in [5.41, 5.74) is 5.93. The van der Waals surface area contributed by atoms with Crippen molar-refractivity contribution in [1.82, 2.24) is 0 Å². The second-order valence-corrected chi connectivity index (χ2v) is 15.3. The van der Waals surface area contributed by atoms with Gasteiger partial charge in [-0.05, 0) is 112 Å². The molecule has 4 aromatic carbocycles. The summed E-state index contributed by atoms with van der Waals surface area (Å²) < 4.78 is 51.8. The van der Waals surface area contributed by atoms with E-state index in [9.17, 15) is 9.13 Å². The Hall–Kier alpha value is -3.46. The van der Waals surface area contributed by atoms with Crippen LogP contribution in [0.15, 0.2) is 84.9 Å². The normalized spacial score (nSPS) is 14.2. The monoisotopic (exact) mass is 648 g/mol. The van der Waals surface area contributed by atoms with Gasteiger partial charge in [0.25, 0.3) is 16.1 Å². The van der Waals surface area contributed by atoms with Gasteiger partial charge >= 0.3 is 0 Å². The number of ether oxygens (including phenoxy) is 2. The van der Waals surface area contributed by atoms with Crippen LogP contribution in [0.5, 0.6) is 23.0 Å². The van der Waals surface area contributed by atoms with Crippen LogP contribution in [0.3, 0.4) is 0 Å². The molecule has 0 aliphatic heterocycles. The topological polar surface area (TPSA) is 71.1 Å². The minimum Gasteiger partial charge on any atom is -0.476 e. The highest BCUT2D eigenvalue weighted by Gasteiger charge is 2.38. The molecule has 0 radical (unpaired) electrons. The van der Waals surface area contributed by atoms with E-state index in [2.05, 4.69) is 0 Å². The van der Waals surface area contributed by atoms with Gasteiger partial charge in [-0.3, -0.25) is 9.13 Å². The molecule has 0 bridgehead atoms. The lowest BCUT2D eigenvalue weighted by Crippen LogP contribution is -2.32. The van der Waals surface area contributed by atoms with Gasteiger partial charge in [-0.2, -0.15) is 0 Å². The van der Waals surface area contributed by atoms with Gasteiger partial charge in [-0.1, -0.05) is 81.4 Å². The molecule has 0 saturated carbocycles. The zero-order valence-electron chi connectivity index (χ0n) is 27.7. The Morgan fingerprint density at radius 1 is 0.533 bits per heavy atom.